The summed E-state index contributed by atoms with van der Waals surface area (Å²) in [6.45, 7) is 1.55. The summed E-state index contributed by atoms with van der Waals surface area (Å²) in [6.07, 6.45) is 0.101. The standard InChI is InChI=1S/C12H16FNO5S/c1-4-10(12(15)16)14(2)20(17,18)8-5-6-11(19-3)9(13)7-8/h5-7,10H,4H2,1-3H3,(H,15,16). The van der Waals surface area contributed by atoms with E-state index in [0.29, 0.717) is 0 Å². The van der Waals surface area contributed by atoms with Crippen LogP contribution in [0.1, 0.15) is 13.3 Å². The number of ether oxygens (including phenoxy) is 1. The number of methoxy groups -OCH3 is 1. The van der Waals surface area contributed by atoms with Gasteiger partial charge in [0.15, 0.2) is 11.6 Å². The fourth-order valence-corrected chi connectivity index (χ4v) is 3.13. The zero-order valence-corrected chi connectivity index (χ0v) is 12.1. The molecule has 0 aromatic heterocycles. The van der Waals surface area contributed by atoms with Gasteiger partial charge >= 0.3 is 5.97 Å². The van der Waals surface area contributed by atoms with E-state index < -0.39 is 27.9 Å². The second-order valence-electron chi connectivity index (χ2n) is 4.08. The molecule has 0 fully saturated rings. The topological polar surface area (TPSA) is 83.9 Å². The average Bonchev–Trinajstić information content (AvgIpc) is 2.38. The van der Waals surface area contributed by atoms with Gasteiger partial charge in [0.05, 0.1) is 12.0 Å². The number of likely N-dealkylation sites (N-methyl/N-ethyl adjacent to an activating group) is 1. The Morgan fingerprint density at radius 2 is 2.10 bits per heavy atom. The van der Waals surface area contributed by atoms with Gasteiger partial charge < -0.3 is 9.84 Å². The fourth-order valence-electron chi connectivity index (χ4n) is 1.73. The predicted octanol–water partition coefficient (Wildman–Crippen LogP) is 1.32. The Hall–Kier alpha value is -1.67. The van der Waals surface area contributed by atoms with Crippen molar-refractivity contribution >= 4 is 16.0 Å². The number of benzene rings is 1. The molecule has 8 heteroatoms. The lowest BCUT2D eigenvalue weighted by atomic mass is 10.2. The first-order chi connectivity index (χ1) is 9.25. The van der Waals surface area contributed by atoms with Crippen LogP contribution in [-0.4, -0.2) is 44.0 Å². The van der Waals surface area contributed by atoms with Crippen molar-refractivity contribution < 1.29 is 27.4 Å². The fraction of sp³-hybridized carbons (Fsp3) is 0.417. The smallest absolute Gasteiger partial charge is 0.321 e. The van der Waals surface area contributed by atoms with Crippen LogP contribution in [0.25, 0.3) is 0 Å². The van der Waals surface area contributed by atoms with Crippen molar-refractivity contribution in [3.05, 3.63) is 24.0 Å². The number of hydrogen-bond donors (Lipinski definition) is 1. The van der Waals surface area contributed by atoms with Crippen molar-refractivity contribution in [3.63, 3.8) is 0 Å². The van der Waals surface area contributed by atoms with Crippen molar-refractivity contribution in [2.45, 2.75) is 24.3 Å². The van der Waals surface area contributed by atoms with Gasteiger partial charge in [0.2, 0.25) is 10.0 Å². The van der Waals surface area contributed by atoms with Gasteiger partial charge in [-0.15, -0.1) is 0 Å². The Morgan fingerprint density at radius 3 is 2.50 bits per heavy atom. The number of carboxylic acid groups (broad SMARTS) is 1. The molecule has 0 radical (unpaired) electrons. The Balaban J connectivity index is 3.22. The Kier molecular flexibility index (Phi) is 5.07. The van der Waals surface area contributed by atoms with E-state index in [2.05, 4.69) is 0 Å². The molecule has 0 bridgehead atoms. The van der Waals surface area contributed by atoms with Crippen molar-refractivity contribution in [1.82, 2.24) is 4.31 Å². The van der Waals surface area contributed by atoms with Crippen LogP contribution >= 0.6 is 0 Å². The average molecular weight is 305 g/mol. The lowest BCUT2D eigenvalue weighted by Crippen LogP contribution is -2.41. The van der Waals surface area contributed by atoms with Crippen LogP contribution in [0.15, 0.2) is 23.1 Å². The first-order valence-electron chi connectivity index (χ1n) is 5.80. The molecule has 112 valence electrons. The Bertz CT molecular complexity index is 602. The number of sulfonamides is 1. The van der Waals surface area contributed by atoms with E-state index in [9.17, 15) is 17.6 Å². The van der Waals surface area contributed by atoms with Gasteiger partial charge in [-0.25, -0.2) is 12.8 Å². The van der Waals surface area contributed by atoms with Gasteiger partial charge in [0.1, 0.15) is 6.04 Å². The van der Waals surface area contributed by atoms with Crippen LogP contribution < -0.4 is 4.74 Å². The molecule has 0 aliphatic carbocycles. The summed E-state index contributed by atoms with van der Waals surface area (Å²) in [6, 6.07) is 1.95. The number of halogens is 1. The third-order valence-electron chi connectivity index (χ3n) is 2.91. The van der Waals surface area contributed by atoms with Crippen LogP contribution in [0.2, 0.25) is 0 Å². The van der Waals surface area contributed by atoms with E-state index in [1.807, 2.05) is 0 Å². The number of carboxylic acids is 1. The molecule has 1 aromatic rings. The molecule has 0 amide bonds. The maximum Gasteiger partial charge on any atom is 0.321 e. The minimum Gasteiger partial charge on any atom is -0.494 e. The van der Waals surface area contributed by atoms with Gasteiger partial charge in [-0.05, 0) is 24.6 Å². The zero-order valence-electron chi connectivity index (χ0n) is 11.3. The maximum absolute atomic E-state index is 13.6. The summed E-state index contributed by atoms with van der Waals surface area (Å²) in [7, 11) is -1.67. The normalized spacial score (nSPS) is 13.2. The first kappa shape index (κ1) is 16.4. The summed E-state index contributed by atoms with van der Waals surface area (Å²) < 4.78 is 43.5. The molecule has 20 heavy (non-hydrogen) atoms. The summed E-state index contributed by atoms with van der Waals surface area (Å²) in [5, 5.41) is 8.99. The van der Waals surface area contributed by atoms with Crippen molar-refractivity contribution in [1.29, 1.82) is 0 Å². The van der Waals surface area contributed by atoms with Gasteiger partial charge in [-0.1, -0.05) is 6.92 Å². The summed E-state index contributed by atoms with van der Waals surface area (Å²) >= 11 is 0. The summed E-state index contributed by atoms with van der Waals surface area (Å²) in [5.41, 5.74) is 0. The number of carbonyl (C=O) groups is 1. The SMILES string of the molecule is CCC(C(=O)O)N(C)S(=O)(=O)c1ccc(OC)c(F)c1. The lowest BCUT2D eigenvalue weighted by Gasteiger charge is -2.23. The molecule has 1 aromatic carbocycles. The molecule has 0 aliphatic heterocycles. The van der Waals surface area contributed by atoms with Crippen molar-refractivity contribution in [2.75, 3.05) is 14.2 Å². The lowest BCUT2D eigenvalue weighted by molar-refractivity contribution is -0.141. The molecule has 1 N–H and O–H groups in total. The third-order valence-corrected chi connectivity index (χ3v) is 4.77. The number of nitrogens with zero attached hydrogens (tertiary/aromatic N) is 1. The highest BCUT2D eigenvalue weighted by atomic mass is 32.2. The number of hydrogen-bond acceptors (Lipinski definition) is 4. The van der Waals surface area contributed by atoms with Gasteiger partial charge in [0, 0.05) is 7.05 Å². The molecule has 0 saturated heterocycles. The van der Waals surface area contributed by atoms with E-state index in [4.69, 9.17) is 9.84 Å². The first-order valence-corrected chi connectivity index (χ1v) is 7.24. The highest BCUT2D eigenvalue weighted by Crippen LogP contribution is 2.24. The van der Waals surface area contributed by atoms with Crippen LogP contribution in [-0.2, 0) is 14.8 Å². The van der Waals surface area contributed by atoms with E-state index in [-0.39, 0.29) is 17.1 Å². The highest BCUT2D eigenvalue weighted by molar-refractivity contribution is 7.89. The number of aliphatic carboxylic acids is 1. The Morgan fingerprint density at radius 1 is 1.50 bits per heavy atom. The Labute approximate surface area is 116 Å². The highest BCUT2D eigenvalue weighted by Gasteiger charge is 2.31. The molecule has 0 spiro atoms. The zero-order chi connectivity index (χ0) is 15.5. The molecule has 6 nitrogen and oxygen atoms in total. The van der Waals surface area contributed by atoms with Crippen LogP contribution in [0.5, 0.6) is 5.75 Å². The molecule has 0 aliphatic rings. The van der Waals surface area contributed by atoms with Crippen LogP contribution in [0, 0.1) is 5.82 Å². The van der Waals surface area contributed by atoms with Gasteiger partial charge in [0.25, 0.3) is 0 Å². The van der Waals surface area contributed by atoms with Crippen molar-refractivity contribution in [3.8, 4) is 5.75 Å². The number of rotatable bonds is 6. The minimum absolute atomic E-state index is 0.0862. The molecule has 1 rings (SSSR count). The van der Waals surface area contributed by atoms with Gasteiger partial charge in [-0.3, -0.25) is 4.79 Å². The second kappa shape index (κ2) is 6.19. The third kappa shape index (κ3) is 3.07. The summed E-state index contributed by atoms with van der Waals surface area (Å²) in [4.78, 5) is 10.7. The van der Waals surface area contributed by atoms with Crippen molar-refractivity contribution in [2.24, 2.45) is 0 Å². The molecule has 0 heterocycles. The predicted molar refractivity (Wildman–Crippen MR) is 69.6 cm³/mol. The largest absolute Gasteiger partial charge is 0.494 e. The van der Waals surface area contributed by atoms with Crippen LogP contribution in [0.4, 0.5) is 4.39 Å². The molecular formula is C12H16FNO5S. The molecule has 1 unspecified atom stereocenters. The molecule has 1 atom stereocenters. The maximum atomic E-state index is 13.6. The monoisotopic (exact) mass is 305 g/mol. The van der Waals surface area contributed by atoms with E-state index in [1.165, 1.54) is 19.2 Å². The molecule has 0 saturated carbocycles. The quantitative estimate of drug-likeness (QED) is 0.857. The second-order valence-corrected chi connectivity index (χ2v) is 6.08. The van der Waals surface area contributed by atoms with E-state index >= 15 is 0 Å². The van der Waals surface area contributed by atoms with E-state index in [0.717, 1.165) is 17.4 Å². The van der Waals surface area contributed by atoms with E-state index in [1.54, 1.807) is 6.92 Å². The minimum atomic E-state index is -4.09. The van der Waals surface area contributed by atoms with Crippen LogP contribution in [0.3, 0.4) is 0 Å². The summed E-state index contributed by atoms with van der Waals surface area (Å²) in [5.74, 6) is -2.17. The molecular weight excluding hydrogens is 289 g/mol. The van der Waals surface area contributed by atoms with Gasteiger partial charge in [-0.2, -0.15) is 4.31 Å².